The van der Waals surface area contributed by atoms with Crippen molar-refractivity contribution < 1.29 is 0 Å². The van der Waals surface area contributed by atoms with Crippen LogP contribution in [0.2, 0.25) is 0 Å². The molecule has 1 unspecified atom stereocenters. The molecule has 2 saturated heterocycles. The van der Waals surface area contributed by atoms with Gasteiger partial charge in [0.1, 0.15) is 5.82 Å². The average molecular weight is 538 g/mol. The molecule has 0 aliphatic carbocycles. The molecule has 2 aromatic heterocycles. The average Bonchev–Trinajstić information content (AvgIpc) is 3.41. The monoisotopic (exact) mass is 538 g/mol. The van der Waals surface area contributed by atoms with E-state index in [1.54, 1.807) is 0 Å². The summed E-state index contributed by atoms with van der Waals surface area (Å²) in [7, 11) is 4.15. The maximum Gasteiger partial charge on any atom is 0.194 e. The molecule has 4 heterocycles. The van der Waals surface area contributed by atoms with Gasteiger partial charge < -0.3 is 20.0 Å². The fraction of sp³-hybridized carbons (Fsp3) is 0.591. The molecule has 31 heavy (non-hydrogen) atoms. The lowest BCUT2D eigenvalue weighted by molar-refractivity contribution is 0.312. The molecule has 2 aromatic rings. The van der Waals surface area contributed by atoms with Crippen LogP contribution in [0.3, 0.4) is 0 Å². The third kappa shape index (κ3) is 6.09. The number of aliphatic imine (C=N–C) groups is 1. The van der Waals surface area contributed by atoms with Gasteiger partial charge in [-0.15, -0.1) is 24.0 Å². The number of halogens is 1. The van der Waals surface area contributed by atoms with Crippen LogP contribution >= 0.6 is 24.0 Å². The fourth-order valence-electron chi connectivity index (χ4n) is 4.20. The molecule has 0 radical (unpaired) electrons. The van der Waals surface area contributed by atoms with Gasteiger partial charge in [-0.3, -0.25) is 4.68 Å². The van der Waals surface area contributed by atoms with Gasteiger partial charge in [-0.1, -0.05) is 6.07 Å². The van der Waals surface area contributed by atoms with Gasteiger partial charge in [-0.05, 0) is 37.6 Å². The Labute approximate surface area is 202 Å². The third-order valence-electron chi connectivity index (χ3n) is 6.07. The SMILES string of the molecule is CCNC(=NCc1ccc(N2CCN(C)CC2)nc1)N1CCC(c2cnn(C)c2)C1.I. The number of hydrogen-bond acceptors (Lipinski definition) is 5. The summed E-state index contributed by atoms with van der Waals surface area (Å²) in [5.41, 5.74) is 2.46. The van der Waals surface area contributed by atoms with E-state index in [0.717, 1.165) is 69.6 Å². The Morgan fingerprint density at radius 2 is 1.94 bits per heavy atom. The van der Waals surface area contributed by atoms with Crippen molar-refractivity contribution in [3.63, 3.8) is 0 Å². The summed E-state index contributed by atoms with van der Waals surface area (Å²) in [6.07, 6.45) is 7.23. The molecule has 2 fully saturated rings. The van der Waals surface area contributed by atoms with Gasteiger partial charge in [0.25, 0.3) is 0 Å². The molecule has 2 aliphatic rings. The molecule has 170 valence electrons. The van der Waals surface area contributed by atoms with E-state index in [9.17, 15) is 0 Å². The van der Waals surface area contributed by atoms with Gasteiger partial charge in [0, 0.05) is 71.2 Å². The summed E-state index contributed by atoms with van der Waals surface area (Å²) in [6, 6.07) is 4.30. The number of guanidine groups is 1. The van der Waals surface area contributed by atoms with Crippen molar-refractivity contribution in [2.75, 3.05) is 57.8 Å². The molecule has 0 spiro atoms. The molecule has 9 heteroatoms. The number of anilines is 1. The standard InChI is InChI=1S/C22H34N8.HI/c1-4-23-22(30-8-7-19(17-30)20-15-26-28(3)16-20)25-14-18-5-6-21(24-13-18)29-11-9-27(2)10-12-29;/h5-6,13,15-16,19H,4,7-12,14,17H2,1-3H3,(H,23,25);1H. The number of nitrogens with zero attached hydrogens (tertiary/aromatic N) is 7. The van der Waals surface area contributed by atoms with E-state index in [1.807, 2.05) is 24.1 Å². The van der Waals surface area contributed by atoms with Gasteiger partial charge in [0.2, 0.25) is 0 Å². The zero-order valence-corrected chi connectivity index (χ0v) is 21.2. The highest BCUT2D eigenvalue weighted by molar-refractivity contribution is 14.0. The fourth-order valence-corrected chi connectivity index (χ4v) is 4.20. The lowest BCUT2D eigenvalue weighted by Crippen LogP contribution is -2.44. The molecular formula is C22H35IN8. The maximum absolute atomic E-state index is 4.90. The van der Waals surface area contributed by atoms with Crippen LogP contribution in [0.1, 0.15) is 30.4 Å². The highest BCUT2D eigenvalue weighted by Gasteiger charge is 2.26. The molecule has 1 atom stereocenters. The Morgan fingerprint density at radius 3 is 2.58 bits per heavy atom. The van der Waals surface area contributed by atoms with E-state index in [4.69, 9.17) is 9.98 Å². The van der Waals surface area contributed by atoms with Gasteiger partial charge in [0.05, 0.1) is 12.7 Å². The van der Waals surface area contributed by atoms with Crippen LogP contribution in [-0.4, -0.2) is 83.4 Å². The second-order valence-electron chi connectivity index (χ2n) is 8.36. The van der Waals surface area contributed by atoms with Gasteiger partial charge in [-0.2, -0.15) is 5.10 Å². The number of aryl methyl sites for hydroxylation is 1. The van der Waals surface area contributed by atoms with Gasteiger partial charge in [0.15, 0.2) is 5.96 Å². The summed E-state index contributed by atoms with van der Waals surface area (Å²) >= 11 is 0. The van der Waals surface area contributed by atoms with E-state index in [-0.39, 0.29) is 24.0 Å². The minimum atomic E-state index is 0. The number of likely N-dealkylation sites (N-methyl/N-ethyl adjacent to an activating group) is 1. The van der Waals surface area contributed by atoms with Crippen LogP contribution in [-0.2, 0) is 13.6 Å². The lowest BCUT2D eigenvalue weighted by Gasteiger charge is -2.33. The molecule has 0 aromatic carbocycles. The molecule has 4 rings (SSSR count). The predicted octanol–water partition coefficient (Wildman–Crippen LogP) is 2.14. The van der Waals surface area contributed by atoms with Crippen LogP contribution in [0, 0.1) is 0 Å². The van der Waals surface area contributed by atoms with Crippen LogP contribution in [0.25, 0.3) is 0 Å². The first-order chi connectivity index (χ1) is 14.6. The minimum absolute atomic E-state index is 0. The highest BCUT2D eigenvalue weighted by Crippen LogP contribution is 2.26. The number of aromatic nitrogens is 3. The number of rotatable bonds is 5. The predicted molar refractivity (Wildman–Crippen MR) is 136 cm³/mol. The maximum atomic E-state index is 4.90. The van der Waals surface area contributed by atoms with Crippen molar-refractivity contribution in [2.24, 2.45) is 12.0 Å². The first kappa shape index (κ1) is 23.8. The number of piperazine rings is 1. The molecular weight excluding hydrogens is 503 g/mol. The van der Waals surface area contributed by atoms with Crippen molar-refractivity contribution in [2.45, 2.75) is 25.8 Å². The molecule has 1 N–H and O–H groups in total. The van der Waals surface area contributed by atoms with E-state index in [0.29, 0.717) is 12.5 Å². The summed E-state index contributed by atoms with van der Waals surface area (Å²) in [6.45, 7) is 9.91. The summed E-state index contributed by atoms with van der Waals surface area (Å²) in [4.78, 5) is 16.7. The largest absolute Gasteiger partial charge is 0.357 e. The van der Waals surface area contributed by atoms with Crippen LogP contribution in [0.15, 0.2) is 35.7 Å². The van der Waals surface area contributed by atoms with E-state index >= 15 is 0 Å². The topological polar surface area (TPSA) is 64.8 Å². The quantitative estimate of drug-likeness (QED) is 0.358. The Morgan fingerprint density at radius 1 is 1.13 bits per heavy atom. The first-order valence-electron chi connectivity index (χ1n) is 11.0. The number of nitrogens with one attached hydrogen (secondary N) is 1. The molecule has 0 amide bonds. The zero-order valence-electron chi connectivity index (χ0n) is 18.9. The van der Waals surface area contributed by atoms with E-state index in [1.165, 1.54) is 5.56 Å². The third-order valence-corrected chi connectivity index (χ3v) is 6.07. The van der Waals surface area contributed by atoms with Crippen LogP contribution in [0.5, 0.6) is 0 Å². The number of likely N-dealkylation sites (tertiary alicyclic amines) is 1. The van der Waals surface area contributed by atoms with Crippen LogP contribution < -0.4 is 10.2 Å². The Balaban J connectivity index is 0.00000272. The van der Waals surface area contributed by atoms with Crippen molar-refractivity contribution in [3.05, 3.63) is 41.9 Å². The zero-order chi connectivity index (χ0) is 20.9. The molecule has 8 nitrogen and oxygen atoms in total. The second-order valence-corrected chi connectivity index (χ2v) is 8.36. The summed E-state index contributed by atoms with van der Waals surface area (Å²) in [5, 5.41) is 7.79. The molecule has 0 saturated carbocycles. The van der Waals surface area contributed by atoms with E-state index in [2.05, 4.69) is 57.4 Å². The minimum Gasteiger partial charge on any atom is -0.357 e. The van der Waals surface area contributed by atoms with Crippen molar-refractivity contribution in [3.8, 4) is 0 Å². The Bertz CT molecular complexity index is 841. The Hall–Kier alpha value is -1.88. The number of hydrogen-bond donors (Lipinski definition) is 1. The van der Waals surface area contributed by atoms with Crippen molar-refractivity contribution in [1.29, 1.82) is 0 Å². The van der Waals surface area contributed by atoms with Gasteiger partial charge >= 0.3 is 0 Å². The van der Waals surface area contributed by atoms with Crippen LogP contribution in [0.4, 0.5) is 5.82 Å². The summed E-state index contributed by atoms with van der Waals surface area (Å²) in [5.74, 6) is 2.58. The van der Waals surface area contributed by atoms with Crippen molar-refractivity contribution in [1.82, 2.24) is 29.9 Å². The smallest absolute Gasteiger partial charge is 0.194 e. The second kappa shape index (κ2) is 11.1. The lowest BCUT2D eigenvalue weighted by atomic mass is 10.0. The Kier molecular flexibility index (Phi) is 8.53. The highest BCUT2D eigenvalue weighted by atomic mass is 127. The van der Waals surface area contributed by atoms with Gasteiger partial charge in [-0.25, -0.2) is 9.98 Å². The molecule has 0 bridgehead atoms. The number of pyridine rings is 1. The molecule has 2 aliphatic heterocycles. The normalized spacial score (nSPS) is 20.1. The first-order valence-corrected chi connectivity index (χ1v) is 11.0. The van der Waals surface area contributed by atoms with Crippen molar-refractivity contribution >= 4 is 35.8 Å². The van der Waals surface area contributed by atoms with E-state index < -0.39 is 0 Å². The summed E-state index contributed by atoms with van der Waals surface area (Å²) < 4.78 is 1.89.